The van der Waals surface area contributed by atoms with E-state index in [2.05, 4.69) is 19.9 Å². The maximum Gasteiger partial charge on any atom is 0.123 e. The number of hydrogen-bond acceptors (Lipinski definition) is 2. The number of benzene rings is 1. The minimum absolute atomic E-state index is 0.0355. The summed E-state index contributed by atoms with van der Waals surface area (Å²) in [5, 5.41) is 10.8. The molecule has 25 heavy (non-hydrogen) atoms. The Morgan fingerprint density at radius 1 is 1.16 bits per heavy atom. The lowest BCUT2D eigenvalue weighted by Crippen LogP contribution is -2.27. The molecule has 4 rings (SSSR count). The summed E-state index contributed by atoms with van der Waals surface area (Å²) in [5.74, 6) is 0.219. The zero-order valence-corrected chi connectivity index (χ0v) is 15.0. The monoisotopic (exact) mass is 338 g/mol. The average molecular weight is 338 g/mol. The molecule has 0 aliphatic heterocycles. The molecule has 131 valence electrons. The summed E-state index contributed by atoms with van der Waals surface area (Å²) in [4.78, 5) is 4.96. The number of aliphatic hydroxyl groups is 1. The minimum Gasteiger partial charge on any atom is -0.388 e. The molecule has 0 spiro atoms. The molecule has 0 amide bonds. The third-order valence-corrected chi connectivity index (χ3v) is 5.69. The fraction of sp³-hybridized carbons (Fsp3) is 0.500. The van der Waals surface area contributed by atoms with Crippen LogP contribution in [0, 0.1) is 17.3 Å². The molecule has 2 aromatic rings. The normalized spacial score (nSPS) is 22.8. The first-order valence-electron chi connectivity index (χ1n) is 9.33. The lowest BCUT2D eigenvalue weighted by Gasteiger charge is -2.35. The summed E-state index contributed by atoms with van der Waals surface area (Å²) in [5.41, 5.74) is 4.79. The van der Waals surface area contributed by atoms with Crippen molar-refractivity contribution >= 4 is 0 Å². The molecule has 1 unspecified atom stereocenters. The Morgan fingerprint density at radius 3 is 2.52 bits per heavy atom. The van der Waals surface area contributed by atoms with E-state index in [9.17, 15) is 9.50 Å². The molecule has 3 heteroatoms. The quantitative estimate of drug-likeness (QED) is 0.800. The number of aromatic nitrogens is 1. The standard InChI is InChI=1S/C22H25FNO/c1-22(2)12-19-21(20(25)13-22)17(14-7-9-16(23)10-8-14)11-18(24-19)15-5-3-4-6-15/h7-10,15,20,25H,3-6,12-13H2,1-2H3. The van der Waals surface area contributed by atoms with E-state index in [1.807, 2.05) is 0 Å². The summed E-state index contributed by atoms with van der Waals surface area (Å²) in [6.07, 6.45) is 5.86. The van der Waals surface area contributed by atoms with Crippen LogP contribution in [0.5, 0.6) is 0 Å². The molecule has 1 aromatic heterocycles. The maximum atomic E-state index is 13.4. The van der Waals surface area contributed by atoms with Crippen LogP contribution in [0.2, 0.25) is 0 Å². The van der Waals surface area contributed by atoms with Crippen molar-refractivity contribution in [3.63, 3.8) is 0 Å². The topological polar surface area (TPSA) is 33.1 Å². The van der Waals surface area contributed by atoms with Crippen LogP contribution in [-0.4, -0.2) is 10.1 Å². The van der Waals surface area contributed by atoms with Gasteiger partial charge in [-0.05, 0) is 54.4 Å². The van der Waals surface area contributed by atoms with Crippen molar-refractivity contribution in [2.45, 2.75) is 64.4 Å². The SMILES string of the molecule is CC1(C)Cc2nc(C3CCCC3)[c]c(-c3ccc(F)cc3)c2C(O)C1. The highest BCUT2D eigenvalue weighted by molar-refractivity contribution is 5.69. The van der Waals surface area contributed by atoms with E-state index in [0.29, 0.717) is 12.3 Å². The van der Waals surface area contributed by atoms with Crippen LogP contribution in [0.25, 0.3) is 11.1 Å². The molecular formula is C22H25FNO. The zero-order chi connectivity index (χ0) is 17.6. The van der Waals surface area contributed by atoms with Crippen LogP contribution in [-0.2, 0) is 6.42 Å². The predicted molar refractivity (Wildman–Crippen MR) is 96.7 cm³/mol. The second-order valence-corrected chi connectivity index (χ2v) is 8.41. The van der Waals surface area contributed by atoms with Crippen LogP contribution >= 0.6 is 0 Å². The van der Waals surface area contributed by atoms with Crippen molar-refractivity contribution in [3.8, 4) is 11.1 Å². The van der Waals surface area contributed by atoms with Gasteiger partial charge in [0.25, 0.3) is 0 Å². The number of fused-ring (bicyclic) bond motifs is 1. The van der Waals surface area contributed by atoms with Crippen molar-refractivity contribution in [1.82, 2.24) is 4.98 Å². The molecule has 1 N–H and O–H groups in total. The van der Waals surface area contributed by atoms with Crippen molar-refractivity contribution in [2.24, 2.45) is 5.41 Å². The van der Waals surface area contributed by atoms with Gasteiger partial charge in [0.05, 0.1) is 11.8 Å². The molecule has 1 saturated carbocycles. The van der Waals surface area contributed by atoms with Crippen molar-refractivity contribution < 1.29 is 9.50 Å². The second kappa shape index (κ2) is 6.21. The highest BCUT2D eigenvalue weighted by atomic mass is 19.1. The second-order valence-electron chi connectivity index (χ2n) is 8.41. The maximum absolute atomic E-state index is 13.4. The Bertz CT molecular complexity index is 775. The van der Waals surface area contributed by atoms with Crippen LogP contribution in [0.15, 0.2) is 24.3 Å². The Kier molecular flexibility index (Phi) is 4.15. The molecule has 2 aliphatic carbocycles. The fourth-order valence-electron chi connectivity index (χ4n) is 4.45. The van der Waals surface area contributed by atoms with E-state index in [0.717, 1.165) is 47.3 Å². The van der Waals surface area contributed by atoms with Gasteiger partial charge in [-0.1, -0.05) is 38.8 Å². The first-order valence-corrected chi connectivity index (χ1v) is 9.33. The van der Waals surface area contributed by atoms with Crippen LogP contribution < -0.4 is 0 Å². The molecule has 1 heterocycles. The van der Waals surface area contributed by atoms with Gasteiger partial charge in [-0.3, -0.25) is 4.98 Å². The van der Waals surface area contributed by atoms with Gasteiger partial charge in [-0.2, -0.15) is 0 Å². The van der Waals surface area contributed by atoms with Crippen molar-refractivity contribution in [3.05, 3.63) is 53.1 Å². The number of nitrogens with zero attached hydrogens (tertiary/aromatic N) is 1. The lowest BCUT2D eigenvalue weighted by molar-refractivity contribution is 0.0985. The summed E-state index contributed by atoms with van der Waals surface area (Å²) in [6, 6.07) is 10.0. The Hall–Kier alpha value is -1.74. The highest BCUT2D eigenvalue weighted by Crippen LogP contribution is 2.45. The Morgan fingerprint density at radius 2 is 1.84 bits per heavy atom. The van der Waals surface area contributed by atoms with E-state index in [1.165, 1.54) is 25.0 Å². The van der Waals surface area contributed by atoms with Gasteiger partial charge in [0, 0.05) is 23.2 Å². The van der Waals surface area contributed by atoms with E-state index in [1.54, 1.807) is 12.1 Å². The molecule has 1 radical (unpaired) electrons. The Labute approximate surface area is 149 Å². The third-order valence-electron chi connectivity index (χ3n) is 5.69. The van der Waals surface area contributed by atoms with E-state index in [4.69, 9.17) is 4.98 Å². The first-order chi connectivity index (χ1) is 11.9. The molecule has 2 nitrogen and oxygen atoms in total. The number of aliphatic hydroxyl groups excluding tert-OH is 1. The van der Waals surface area contributed by atoms with E-state index >= 15 is 0 Å². The molecule has 1 fully saturated rings. The number of hydrogen-bond donors (Lipinski definition) is 1. The molecule has 0 bridgehead atoms. The third kappa shape index (κ3) is 3.22. The van der Waals surface area contributed by atoms with Crippen LogP contribution in [0.3, 0.4) is 0 Å². The van der Waals surface area contributed by atoms with Crippen molar-refractivity contribution in [2.75, 3.05) is 0 Å². The number of halogens is 1. The molecule has 0 saturated heterocycles. The van der Waals surface area contributed by atoms with Gasteiger partial charge >= 0.3 is 0 Å². The summed E-state index contributed by atoms with van der Waals surface area (Å²) < 4.78 is 13.4. The summed E-state index contributed by atoms with van der Waals surface area (Å²) in [7, 11) is 0. The van der Waals surface area contributed by atoms with Crippen LogP contribution in [0.4, 0.5) is 4.39 Å². The highest BCUT2D eigenvalue weighted by Gasteiger charge is 2.35. The minimum atomic E-state index is -0.541. The van der Waals surface area contributed by atoms with E-state index < -0.39 is 6.10 Å². The van der Waals surface area contributed by atoms with Gasteiger partial charge in [-0.15, -0.1) is 0 Å². The summed E-state index contributed by atoms with van der Waals surface area (Å²) >= 11 is 0. The molecule has 1 aromatic carbocycles. The largest absolute Gasteiger partial charge is 0.388 e. The molecule has 2 aliphatic rings. The molecular weight excluding hydrogens is 313 g/mol. The van der Waals surface area contributed by atoms with Gasteiger partial charge in [-0.25, -0.2) is 4.39 Å². The summed E-state index contributed by atoms with van der Waals surface area (Å²) in [6.45, 7) is 4.37. The lowest BCUT2D eigenvalue weighted by atomic mass is 9.73. The number of pyridine rings is 1. The molecule has 1 atom stereocenters. The van der Waals surface area contributed by atoms with Gasteiger partial charge in [0.1, 0.15) is 5.82 Å². The van der Waals surface area contributed by atoms with E-state index in [-0.39, 0.29) is 11.2 Å². The van der Waals surface area contributed by atoms with Crippen LogP contribution in [0.1, 0.15) is 74.9 Å². The predicted octanol–water partition coefficient (Wildman–Crippen LogP) is 5.35. The Balaban J connectivity index is 1.88. The zero-order valence-electron chi connectivity index (χ0n) is 15.0. The van der Waals surface area contributed by atoms with Gasteiger partial charge < -0.3 is 5.11 Å². The smallest absolute Gasteiger partial charge is 0.123 e. The number of rotatable bonds is 2. The fourth-order valence-corrected chi connectivity index (χ4v) is 4.45. The van der Waals surface area contributed by atoms with Crippen molar-refractivity contribution in [1.29, 1.82) is 0 Å². The van der Waals surface area contributed by atoms with Gasteiger partial charge in [0.15, 0.2) is 0 Å². The van der Waals surface area contributed by atoms with Gasteiger partial charge in [0.2, 0.25) is 0 Å². The average Bonchev–Trinajstić information content (AvgIpc) is 3.07. The first kappa shape index (κ1) is 16.7.